The molecule has 0 aromatic heterocycles. The lowest BCUT2D eigenvalue weighted by Crippen LogP contribution is -1.95. The molecule has 0 saturated heterocycles. The summed E-state index contributed by atoms with van der Waals surface area (Å²) in [6, 6.07) is 16.2. The van der Waals surface area contributed by atoms with E-state index in [1.807, 2.05) is 24.3 Å². The lowest BCUT2D eigenvalue weighted by molar-refractivity contribution is 0.306. The van der Waals surface area contributed by atoms with Crippen molar-refractivity contribution in [2.45, 2.75) is 11.9 Å². The van der Waals surface area contributed by atoms with Crippen molar-refractivity contribution in [3.05, 3.63) is 64.1 Å². The molecule has 1 nitrogen and oxygen atoms in total. The smallest absolute Gasteiger partial charge is 0.119 e. The van der Waals surface area contributed by atoms with Gasteiger partial charge in [0.2, 0.25) is 0 Å². The van der Waals surface area contributed by atoms with Crippen LogP contribution in [0.4, 0.5) is 0 Å². The third kappa shape index (κ3) is 3.86. The average molecular weight is 356 g/mol. The SMILES string of the molecule is BrCc1ccc(OCc2cccc(Br)c2)cc1. The van der Waals surface area contributed by atoms with Gasteiger partial charge >= 0.3 is 0 Å². The van der Waals surface area contributed by atoms with Crippen LogP contribution in [0.5, 0.6) is 5.75 Å². The summed E-state index contributed by atoms with van der Waals surface area (Å²) >= 11 is 6.87. The molecule has 17 heavy (non-hydrogen) atoms. The predicted molar refractivity (Wildman–Crippen MR) is 77.5 cm³/mol. The second-order valence-corrected chi connectivity index (χ2v) is 5.17. The number of benzene rings is 2. The summed E-state index contributed by atoms with van der Waals surface area (Å²) < 4.78 is 6.79. The Hall–Kier alpha value is -0.800. The standard InChI is InChI=1S/C14H12Br2O/c15-9-11-4-6-14(7-5-11)17-10-12-2-1-3-13(16)8-12/h1-8H,9-10H2. The third-order valence-corrected chi connectivity index (χ3v) is 3.51. The first-order valence-corrected chi connectivity index (χ1v) is 7.21. The van der Waals surface area contributed by atoms with Gasteiger partial charge in [0.05, 0.1) is 0 Å². The summed E-state index contributed by atoms with van der Waals surface area (Å²) in [6.07, 6.45) is 0. The van der Waals surface area contributed by atoms with Crippen molar-refractivity contribution in [2.24, 2.45) is 0 Å². The molecule has 88 valence electrons. The van der Waals surface area contributed by atoms with E-state index in [4.69, 9.17) is 4.74 Å². The van der Waals surface area contributed by atoms with Crippen LogP contribution < -0.4 is 4.74 Å². The number of hydrogen-bond acceptors (Lipinski definition) is 1. The van der Waals surface area contributed by atoms with Gasteiger partial charge in [-0.3, -0.25) is 0 Å². The predicted octanol–water partition coefficient (Wildman–Crippen LogP) is 4.92. The molecule has 0 radical (unpaired) electrons. The van der Waals surface area contributed by atoms with Crippen LogP contribution in [0.2, 0.25) is 0 Å². The molecule has 0 saturated carbocycles. The quantitative estimate of drug-likeness (QED) is 0.707. The lowest BCUT2D eigenvalue weighted by Gasteiger charge is -2.07. The van der Waals surface area contributed by atoms with Crippen molar-refractivity contribution in [3.8, 4) is 5.75 Å². The Morgan fingerprint density at radius 1 is 0.941 bits per heavy atom. The molecular weight excluding hydrogens is 344 g/mol. The van der Waals surface area contributed by atoms with Gasteiger partial charge in [-0.25, -0.2) is 0 Å². The van der Waals surface area contributed by atoms with Crippen molar-refractivity contribution in [2.75, 3.05) is 0 Å². The number of hydrogen-bond donors (Lipinski definition) is 0. The van der Waals surface area contributed by atoms with Gasteiger partial charge in [0, 0.05) is 9.80 Å². The van der Waals surface area contributed by atoms with Gasteiger partial charge in [0.1, 0.15) is 12.4 Å². The largest absolute Gasteiger partial charge is 0.489 e. The van der Waals surface area contributed by atoms with Crippen LogP contribution in [0.15, 0.2) is 53.0 Å². The Balaban J connectivity index is 1.97. The zero-order valence-electron chi connectivity index (χ0n) is 9.20. The topological polar surface area (TPSA) is 9.23 Å². The number of rotatable bonds is 4. The van der Waals surface area contributed by atoms with E-state index >= 15 is 0 Å². The fourth-order valence-corrected chi connectivity index (χ4v) is 2.29. The minimum absolute atomic E-state index is 0.590. The first-order valence-electron chi connectivity index (χ1n) is 5.30. The molecule has 0 aliphatic rings. The van der Waals surface area contributed by atoms with Crippen molar-refractivity contribution < 1.29 is 4.74 Å². The first kappa shape index (κ1) is 12.7. The maximum absolute atomic E-state index is 5.71. The molecule has 0 atom stereocenters. The monoisotopic (exact) mass is 354 g/mol. The lowest BCUT2D eigenvalue weighted by atomic mass is 10.2. The molecule has 0 aliphatic heterocycles. The van der Waals surface area contributed by atoms with Crippen molar-refractivity contribution in [3.63, 3.8) is 0 Å². The van der Waals surface area contributed by atoms with E-state index in [1.54, 1.807) is 0 Å². The molecule has 0 amide bonds. The summed E-state index contributed by atoms with van der Waals surface area (Å²) in [7, 11) is 0. The van der Waals surface area contributed by atoms with Crippen LogP contribution in [-0.4, -0.2) is 0 Å². The zero-order chi connectivity index (χ0) is 12.1. The zero-order valence-corrected chi connectivity index (χ0v) is 12.4. The van der Waals surface area contributed by atoms with Gasteiger partial charge in [-0.15, -0.1) is 0 Å². The second kappa shape index (κ2) is 6.22. The highest BCUT2D eigenvalue weighted by molar-refractivity contribution is 9.10. The van der Waals surface area contributed by atoms with E-state index in [-0.39, 0.29) is 0 Å². The van der Waals surface area contributed by atoms with Crippen molar-refractivity contribution in [1.82, 2.24) is 0 Å². The van der Waals surface area contributed by atoms with Gasteiger partial charge in [-0.2, -0.15) is 0 Å². The Morgan fingerprint density at radius 3 is 2.35 bits per heavy atom. The Kier molecular flexibility index (Phi) is 4.63. The maximum atomic E-state index is 5.71. The summed E-state index contributed by atoms with van der Waals surface area (Å²) in [5.41, 5.74) is 2.41. The molecule has 0 fully saturated rings. The normalized spacial score (nSPS) is 10.2. The van der Waals surface area contributed by atoms with E-state index in [9.17, 15) is 0 Å². The summed E-state index contributed by atoms with van der Waals surface area (Å²) in [5.74, 6) is 0.898. The molecule has 0 N–H and O–H groups in total. The van der Waals surface area contributed by atoms with Gasteiger partial charge in [0.25, 0.3) is 0 Å². The first-order chi connectivity index (χ1) is 8.28. The molecule has 0 heterocycles. The van der Waals surface area contributed by atoms with Crippen molar-refractivity contribution >= 4 is 31.9 Å². The van der Waals surface area contributed by atoms with Crippen LogP contribution in [0, 0.1) is 0 Å². The summed E-state index contributed by atoms with van der Waals surface area (Å²) in [4.78, 5) is 0. The summed E-state index contributed by atoms with van der Waals surface area (Å²) in [6.45, 7) is 0.590. The molecule has 0 aliphatic carbocycles. The van der Waals surface area contributed by atoms with Crippen LogP contribution in [0.25, 0.3) is 0 Å². The number of alkyl halides is 1. The second-order valence-electron chi connectivity index (χ2n) is 3.70. The minimum Gasteiger partial charge on any atom is -0.489 e. The molecule has 0 unspecified atom stereocenters. The Labute approximate surface area is 118 Å². The van der Waals surface area contributed by atoms with Gasteiger partial charge in [-0.1, -0.05) is 56.1 Å². The Bertz CT molecular complexity index is 480. The molecular formula is C14H12Br2O. The number of halogens is 2. The van der Waals surface area contributed by atoms with Crippen LogP contribution in [-0.2, 0) is 11.9 Å². The van der Waals surface area contributed by atoms with E-state index in [0.29, 0.717) is 6.61 Å². The van der Waals surface area contributed by atoms with E-state index in [2.05, 4.69) is 56.1 Å². The fourth-order valence-electron chi connectivity index (χ4n) is 1.47. The van der Waals surface area contributed by atoms with Gasteiger partial charge in [-0.05, 0) is 35.4 Å². The highest BCUT2D eigenvalue weighted by Gasteiger charge is 1.97. The van der Waals surface area contributed by atoms with Crippen molar-refractivity contribution in [1.29, 1.82) is 0 Å². The molecule has 2 rings (SSSR count). The molecule has 0 spiro atoms. The van der Waals surface area contributed by atoms with Gasteiger partial charge < -0.3 is 4.74 Å². The van der Waals surface area contributed by atoms with Crippen LogP contribution in [0.3, 0.4) is 0 Å². The van der Waals surface area contributed by atoms with E-state index < -0.39 is 0 Å². The highest BCUT2D eigenvalue weighted by Crippen LogP contribution is 2.17. The maximum Gasteiger partial charge on any atom is 0.119 e. The van der Waals surface area contributed by atoms with E-state index in [1.165, 1.54) is 5.56 Å². The third-order valence-electron chi connectivity index (χ3n) is 2.37. The summed E-state index contributed by atoms with van der Waals surface area (Å²) in [5, 5.41) is 0.874. The molecule has 2 aromatic rings. The molecule has 3 heteroatoms. The van der Waals surface area contributed by atoms with E-state index in [0.717, 1.165) is 21.1 Å². The molecule has 2 aromatic carbocycles. The number of ether oxygens (including phenoxy) is 1. The van der Waals surface area contributed by atoms with Gasteiger partial charge in [0.15, 0.2) is 0 Å². The highest BCUT2D eigenvalue weighted by atomic mass is 79.9. The minimum atomic E-state index is 0.590. The van der Waals surface area contributed by atoms with Crippen LogP contribution in [0.1, 0.15) is 11.1 Å². The molecule has 0 bridgehead atoms. The van der Waals surface area contributed by atoms with Crippen LogP contribution >= 0.6 is 31.9 Å². The Morgan fingerprint density at radius 2 is 1.71 bits per heavy atom. The average Bonchev–Trinajstić information content (AvgIpc) is 2.37. The fraction of sp³-hybridized carbons (Fsp3) is 0.143.